The number of nitrogens with one attached hydrogen (secondary N) is 1. The zero-order valence-electron chi connectivity index (χ0n) is 16.5. The van der Waals surface area contributed by atoms with E-state index in [4.69, 9.17) is 4.74 Å². The molecule has 29 heavy (non-hydrogen) atoms. The van der Waals surface area contributed by atoms with Crippen molar-refractivity contribution in [2.75, 3.05) is 26.7 Å². The third-order valence-corrected chi connectivity index (χ3v) is 6.71. The highest BCUT2D eigenvalue weighted by Gasteiger charge is 2.57. The first-order chi connectivity index (χ1) is 14.0. The molecule has 2 saturated heterocycles. The maximum absolute atomic E-state index is 13.5. The van der Waals surface area contributed by atoms with Gasteiger partial charge in [0.2, 0.25) is 11.8 Å². The number of nitrogens with zero attached hydrogens (tertiary/aromatic N) is 2. The highest BCUT2D eigenvalue weighted by Crippen LogP contribution is 2.55. The lowest BCUT2D eigenvalue weighted by Gasteiger charge is -2.43. The molecule has 0 bridgehead atoms. The molecule has 0 radical (unpaired) electrons. The fourth-order valence-corrected chi connectivity index (χ4v) is 4.92. The van der Waals surface area contributed by atoms with Crippen LogP contribution in [0.1, 0.15) is 37.2 Å². The minimum absolute atomic E-state index is 0.153. The topological polar surface area (TPSA) is 99.2 Å². The molecule has 3 aliphatic rings. The van der Waals surface area contributed by atoms with E-state index in [0.717, 1.165) is 19.3 Å². The first-order valence-corrected chi connectivity index (χ1v) is 10.1. The van der Waals surface area contributed by atoms with Gasteiger partial charge in [-0.15, -0.1) is 0 Å². The fraction of sp³-hybridized carbons (Fsp3) is 0.571. The molecule has 2 N–H and O–H groups in total. The number of hydroxylamine groups is 1. The molecule has 3 fully saturated rings. The van der Waals surface area contributed by atoms with E-state index in [2.05, 4.69) is 12.1 Å². The van der Waals surface area contributed by atoms with Crippen LogP contribution in [-0.2, 0) is 14.3 Å². The standard InChI is InChI=1S/C21H27N3O5/c1-29-20(27)24-13-21(8-9-21)11-16(18(25)22-28)17(24)19(26)23-10-7-15(12-23)14-5-3-2-4-6-14/h2-6,15-17,28H,7-13H2,1H3,(H,22,25)/t15-,16?,17?/m0/s1. The van der Waals surface area contributed by atoms with E-state index in [-0.39, 0.29) is 17.2 Å². The Morgan fingerprint density at radius 2 is 1.93 bits per heavy atom. The smallest absolute Gasteiger partial charge is 0.410 e. The van der Waals surface area contributed by atoms with Crippen LogP contribution in [0.3, 0.4) is 0 Å². The van der Waals surface area contributed by atoms with Crippen LogP contribution in [-0.4, -0.2) is 65.7 Å². The van der Waals surface area contributed by atoms with Crippen LogP contribution >= 0.6 is 0 Å². The van der Waals surface area contributed by atoms with Gasteiger partial charge in [0, 0.05) is 25.6 Å². The van der Waals surface area contributed by atoms with Gasteiger partial charge in [0.15, 0.2) is 0 Å². The number of piperidine rings is 1. The lowest BCUT2D eigenvalue weighted by molar-refractivity contribution is -0.149. The number of carbonyl (C=O) groups is 3. The number of likely N-dealkylation sites (tertiary alicyclic amines) is 2. The molecule has 3 atom stereocenters. The quantitative estimate of drug-likeness (QED) is 0.594. The van der Waals surface area contributed by atoms with Crippen LogP contribution in [0.4, 0.5) is 4.79 Å². The Morgan fingerprint density at radius 1 is 1.21 bits per heavy atom. The number of methoxy groups -OCH3 is 1. The van der Waals surface area contributed by atoms with Crippen molar-refractivity contribution in [2.45, 2.75) is 37.6 Å². The fourth-order valence-electron chi connectivity index (χ4n) is 4.92. The summed E-state index contributed by atoms with van der Waals surface area (Å²) in [5, 5.41) is 9.26. The monoisotopic (exact) mass is 401 g/mol. The molecule has 2 unspecified atom stereocenters. The van der Waals surface area contributed by atoms with Crippen molar-refractivity contribution in [3.8, 4) is 0 Å². The van der Waals surface area contributed by atoms with Crippen LogP contribution in [0.25, 0.3) is 0 Å². The Labute approximate surface area is 169 Å². The summed E-state index contributed by atoms with van der Waals surface area (Å²) in [5.74, 6) is -1.44. The zero-order chi connectivity index (χ0) is 20.6. The van der Waals surface area contributed by atoms with Gasteiger partial charge in [-0.2, -0.15) is 0 Å². The van der Waals surface area contributed by atoms with E-state index in [1.54, 1.807) is 10.4 Å². The van der Waals surface area contributed by atoms with Gasteiger partial charge >= 0.3 is 6.09 Å². The number of ether oxygens (including phenoxy) is 1. The number of carbonyl (C=O) groups excluding carboxylic acids is 3. The Kier molecular flexibility index (Phi) is 5.21. The van der Waals surface area contributed by atoms with Gasteiger partial charge in [-0.25, -0.2) is 10.3 Å². The molecule has 1 aromatic rings. The van der Waals surface area contributed by atoms with Crippen molar-refractivity contribution >= 4 is 17.9 Å². The molecule has 0 aromatic heterocycles. The Bertz CT molecular complexity index is 767. The molecular formula is C21H27N3O5. The van der Waals surface area contributed by atoms with E-state index >= 15 is 0 Å². The number of hydrogen-bond donors (Lipinski definition) is 2. The first-order valence-electron chi connectivity index (χ1n) is 10.1. The first kappa shape index (κ1) is 19.7. The summed E-state index contributed by atoms with van der Waals surface area (Å²) in [7, 11) is 1.28. The molecule has 1 aliphatic carbocycles. The summed E-state index contributed by atoms with van der Waals surface area (Å²) in [6.45, 7) is 1.52. The zero-order valence-corrected chi connectivity index (χ0v) is 16.5. The van der Waals surface area contributed by atoms with Gasteiger partial charge in [-0.1, -0.05) is 30.3 Å². The van der Waals surface area contributed by atoms with E-state index in [1.807, 2.05) is 18.2 Å². The summed E-state index contributed by atoms with van der Waals surface area (Å²) in [5.41, 5.74) is 2.72. The summed E-state index contributed by atoms with van der Waals surface area (Å²) < 4.78 is 4.93. The molecule has 4 rings (SSSR count). The van der Waals surface area contributed by atoms with Crippen molar-refractivity contribution < 1.29 is 24.3 Å². The molecule has 156 valence electrons. The minimum Gasteiger partial charge on any atom is -0.453 e. The third-order valence-electron chi connectivity index (χ3n) is 6.71. The van der Waals surface area contributed by atoms with Crippen molar-refractivity contribution in [2.24, 2.45) is 11.3 Å². The summed E-state index contributed by atoms with van der Waals surface area (Å²) in [4.78, 5) is 41.6. The molecule has 8 nitrogen and oxygen atoms in total. The number of amides is 3. The Morgan fingerprint density at radius 3 is 2.55 bits per heavy atom. The number of hydrogen-bond acceptors (Lipinski definition) is 5. The average Bonchev–Trinajstić information content (AvgIpc) is 3.31. The van der Waals surface area contributed by atoms with Crippen molar-refractivity contribution in [1.82, 2.24) is 15.3 Å². The lowest BCUT2D eigenvalue weighted by Crippen LogP contribution is -2.61. The maximum atomic E-state index is 13.5. The molecule has 2 aliphatic heterocycles. The summed E-state index contributed by atoms with van der Waals surface area (Å²) in [6, 6.07) is 9.07. The summed E-state index contributed by atoms with van der Waals surface area (Å²) in [6.07, 6.45) is 2.51. The van der Waals surface area contributed by atoms with Crippen LogP contribution in [0.15, 0.2) is 30.3 Å². The Hall–Kier alpha value is -2.61. The predicted molar refractivity (Wildman–Crippen MR) is 103 cm³/mol. The molecule has 3 amide bonds. The highest BCUT2D eigenvalue weighted by molar-refractivity contribution is 5.93. The van der Waals surface area contributed by atoms with E-state index < -0.39 is 24.0 Å². The second-order valence-corrected chi connectivity index (χ2v) is 8.51. The van der Waals surface area contributed by atoms with Crippen molar-refractivity contribution in [1.29, 1.82) is 0 Å². The normalized spacial score (nSPS) is 27.6. The highest BCUT2D eigenvalue weighted by atomic mass is 16.5. The SMILES string of the molecule is COC(=O)N1CC2(CC2)CC(C(=O)NO)C1C(=O)N1CC[C@H](c2ccccc2)C1. The van der Waals surface area contributed by atoms with E-state index in [1.165, 1.54) is 17.6 Å². The van der Waals surface area contributed by atoms with E-state index in [9.17, 15) is 19.6 Å². The van der Waals surface area contributed by atoms with Crippen molar-refractivity contribution in [3.63, 3.8) is 0 Å². The van der Waals surface area contributed by atoms with Gasteiger partial charge in [0.25, 0.3) is 0 Å². The molecule has 1 aromatic carbocycles. The van der Waals surface area contributed by atoms with Gasteiger partial charge in [0.1, 0.15) is 6.04 Å². The molecule has 8 heteroatoms. The van der Waals surface area contributed by atoms with Gasteiger partial charge < -0.3 is 9.64 Å². The van der Waals surface area contributed by atoms with Crippen molar-refractivity contribution in [3.05, 3.63) is 35.9 Å². The van der Waals surface area contributed by atoms with Gasteiger partial charge in [0.05, 0.1) is 13.0 Å². The minimum atomic E-state index is -0.963. The van der Waals surface area contributed by atoms with E-state index in [0.29, 0.717) is 26.1 Å². The molecule has 1 saturated carbocycles. The number of benzene rings is 1. The summed E-state index contributed by atoms with van der Waals surface area (Å²) >= 11 is 0. The number of rotatable bonds is 3. The maximum Gasteiger partial charge on any atom is 0.410 e. The largest absolute Gasteiger partial charge is 0.453 e. The second-order valence-electron chi connectivity index (χ2n) is 8.51. The van der Waals surface area contributed by atoms with Crippen LogP contribution < -0.4 is 5.48 Å². The predicted octanol–water partition coefficient (Wildman–Crippen LogP) is 1.75. The van der Waals surface area contributed by atoms with Crippen LogP contribution in [0, 0.1) is 11.3 Å². The van der Waals surface area contributed by atoms with Gasteiger partial charge in [-0.05, 0) is 36.7 Å². The van der Waals surface area contributed by atoms with Gasteiger partial charge in [-0.3, -0.25) is 19.7 Å². The van der Waals surface area contributed by atoms with Crippen LogP contribution in [0.2, 0.25) is 0 Å². The second kappa shape index (κ2) is 7.67. The van der Waals surface area contributed by atoms with Crippen LogP contribution in [0.5, 0.6) is 0 Å². The average molecular weight is 401 g/mol. The molecule has 2 heterocycles. The third kappa shape index (κ3) is 3.69. The lowest BCUT2D eigenvalue weighted by atomic mass is 9.80. The Balaban J connectivity index is 1.58. The molecular weight excluding hydrogens is 374 g/mol. The molecule has 1 spiro atoms.